The second kappa shape index (κ2) is 9.12. The molecule has 0 radical (unpaired) electrons. The molecule has 1 aromatic rings. The van der Waals surface area contributed by atoms with Gasteiger partial charge in [-0.3, -0.25) is 4.79 Å². The highest BCUT2D eigenvalue weighted by Gasteiger charge is 2.31. The molecule has 0 aromatic heterocycles. The molecule has 0 unspecified atom stereocenters. The Morgan fingerprint density at radius 2 is 1.96 bits per heavy atom. The molecule has 3 amide bonds. The lowest BCUT2D eigenvalue weighted by molar-refractivity contribution is -0.123. The van der Waals surface area contributed by atoms with Gasteiger partial charge in [-0.2, -0.15) is 0 Å². The molecule has 2 fully saturated rings. The maximum Gasteiger partial charge on any atom is 0.320 e. The zero-order valence-corrected chi connectivity index (χ0v) is 17.3. The summed E-state index contributed by atoms with van der Waals surface area (Å²) in [6.07, 6.45) is 4.12. The van der Waals surface area contributed by atoms with Crippen molar-refractivity contribution in [3.8, 4) is 0 Å². The van der Waals surface area contributed by atoms with Crippen LogP contribution in [0.25, 0.3) is 0 Å². The number of urea groups is 1. The molecule has 3 rings (SSSR count). The Balaban J connectivity index is 1.57. The Hall–Kier alpha value is -1.82. The van der Waals surface area contributed by atoms with Gasteiger partial charge in [0.05, 0.1) is 0 Å². The van der Waals surface area contributed by atoms with E-state index < -0.39 is 5.82 Å². The number of halogens is 2. The first-order valence-electron chi connectivity index (χ1n) is 10.1. The molecule has 7 heteroatoms. The molecular weight excluding hydrogens is 381 g/mol. The zero-order valence-electron chi connectivity index (χ0n) is 16.6. The van der Waals surface area contributed by atoms with Crippen molar-refractivity contribution in [3.05, 3.63) is 34.6 Å². The van der Waals surface area contributed by atoms with E-state index in [-0.39, 0.29) is 24.5 Å². The van der Waals surface area contributed by atoms with Gasteiger partial charge in [0.15, 0.2) is 0 Å². The summed E-state index contributed by atoms with van der Waals surface area (Å²) in [6, 6.07) is 4.20. The number of carbonyl (C=O) groups is 2. The Kier molecular flexibility index (Phi) is 6.81. The van der Waals surface area contributed by atoms with Crippen molar-refractivity contribution >= 4 is 23.5 Å². The Bertz CT molecular complexity index is 730. The van der Waals surface area contributed by atoms with Crippen molar-refractivity contribution < 1.29 is 14.0 Å². The van der Waals surface area contributed by atoms with Gasteiger partial charge >= 0.3 is 6.03 Å². The smallest absolute Gasteiger partial charge is 0.320 e. The Morgan fingerprint density at radius 3 is 2.71 bits per heavy atom. The van der Waals surface area contributed by atoms with Crippen molar-refractivity contribution in [1.82, 2.24) is 15.1 Å². The van der Waals surface area contributed by atoms with Gasteiger partial charge in [0.2, 0.25) is 5.91 Å². The van der Waals surface area contributed by atoms with Gasteiger partial charge in [0.1, 0.15) is 12.4 Å². The number of rotatable bonds is 5. The number of nitrogens with one attached hydrogen (secondary N) is 1. The van der Waals surface area contributed by atoms with Gasteiger partial charge in [0.25, 0.3) is 0 Å². The third-order valence-corrected chi connectivity index (χ3v) is 6.51. The summed E-state index contributed by atoms with van der Waals surface area (Å²) in [6.45, 7) is 5.97. The molecule has 1 saturated heterocycles. The highest BCUT2D eigenvalue weighted by molar-refractivity contribution is 6.31. The van der Waals surface area contributed by atoms with Crippen molar-refractivity contribution in [3.63, 3.8) is 0 Å². The molecule has 2 aliphatic rings. The molecule has 5 nitrogen and oxygen atoms in total. The first kappa shape index (κ1) is 20.9. The van der Waals surface area contributed by atoms with Gasteiger partial charge in [-0.25, -0.2) is 9.18 Å². The summed E-state index contributed by atoms with van der Waals surface area (Å²) in [7, 11) is 0. The molecule has 1 aliphatic heterocycles. The van der Waals surface area contributed by atoms with Crippen LogP contribution >= 0.6 is 11.6 Å². The standard InChI is InChI=1S/C21H29ClFN3O2/c1-14-5-3-6-19(15(14)2)24-20(27)13-26-10-4-9-25(21(26)28)12-16-7-8-17(23)11-18(16)22/h7-8,11,14-15,19H,3-6,9-10,12-13H2,1-2H3,(H,24,27)/t14-,15-,19+/m1/s1. The largest absolute Gasteiger partial charge is 0.352 e. The van der Waals surface area contributed by atoms with Crippen LogP contribution in [0.15, 0.2) is 18.2 Å². The van der Waals surface area contributed by atoms with Crippen LogP contribution in [-0.2, 0) is 11.3 Å². The van der Waals surface area contributed by atoms with Crippen molar-refractivity contribution in [2.45, 2.75) is 52.1 Å². The first-order valence-corrected chi connectivity index (χ1v) is 10.5. The molecule has 28 heavy (non-hydrogen) atoms. The van der Waals surface area contributed by atoms with Crippen LogP contribution in [0.3, 0.4) is 0 Å². The van der Waals surface area contributed by atoms with Crippen molar-refractivity contribution in [2.75, 3.05) is 19.6 Å². The fourth-order valence-corrected chi connectivity index (χ4v) is 4.43. The van der Waals surface area contributed by atoms with E-state index in [9.17, 15) is 14.0 Å². The first-order chi connectivity index (χ1) is 13.3. The van der Waals surface area contributed by atoms with Gasteiger partial charge in [0, 0.05) is 30.7 Å². The number of carbonyl (C=O) groups excluding carboxylic acids is 2. The van der Waals surface area contributed by atoms with Crippen LogP contribution in [0.5, 0.6) is 0 Å². The van der Waals surface area contributed by atoms with Gasteiger partial charge < -0.3 is 15.1 Å². The minimum atomic E-state index is -0.400. The van der Waals surface area contributed by atoms with E-state index in [1.807, 2.05) is 0 Å². The number of hydrogen-bond acceptors (Lipinski definition) is 2. The van der Waals surface area contributed by atoms with E-state index in [4.69, 9.17) is 11.6 Å². The molecule has 1 aromatic carbocycles. The van der Waals surface area contributed by atoms with E-state index in [2.05, 4.69) is 19.2 Å². The molecule has 1 heterocycles. The summed E-state index contributed by atoms with van der Waals surface area (Å²) in [5.74, 6) is 0.558. The summed E-state index contributed by atoms with van der Waals surface area (Å²) in [4.78, 5) is 28.6. The lowest BCUT2D eigenvalue weighted by Gasteiger charge is -2.37. The normalized spacial score (nSPS) is 25.7. The molecule has 154 valence electrons. The second-order valence-corrected chi connectivity index (χ2v) is 8.56. The number of benzene rings is 1. The third-order valence-electron chi connectivity index (χ3n) is 6.16. The average Bonchev–Trinajstić information content (AvgIpc) is 2.64. The van der Waals surface area contributed by atoms with Crippen LogP contribution in [0, 0.1) is 17.7 Å². The van der Waals surface area contributed by atoms with Crippen LogP contribution in [-0.4, -0.2) is 47.4 Å². The second-order valence-electron chi connectivity index (χ2n) is 8.16. The number of amides is 3. The Morgan fingerprint density at radius 1 is 1.21 bits per heavy atom. The summed E-state index contributed by atoms with van der Waals surface area (Å²) in [5.41, 5.74) is 0.702. The van der Waals surface area contributed by atoms with Crippen LogP contribution in [0.4, 0.5) is 9.18 Å². The van der Waals surface area contributed by atoms with Crippen LogP contribution < -0.4 is 5.32 Å². The molecule has 1 N–H and O–H groups in total. The lowest BCUT2D eigenvalue weighted by atomic mass is 9.78. The maximum atomic E-state index is 13.2. The van der Waals surface area contributed by atoms with Crippen molar-refractivity contribution in [1.29, 1.82) is 0 Å². The highest BCUT2D eigenvalue weighted by Crippen LogP contribution is 2.29. The van der Waals surface area contributed by atoms with Crippen LogP contribution in [0.2, 0.25) is 5.02 Å². The fourth-order valence-electron chi connectivity index (χ4n) is 4.20. The molecular formula is C21H29ClFN3O2. The monoisotopic (exact) mass is 409 g/mol. The van der Waals surface area contributed by atoms with E-state index in [0.29, 0.717) is 42.1 Å². The predicted molar refractivity (Wildman–Crippen MR) is 108 cm³/mol. The molecule has 0 bridgehead atoms. The number of hydrogen-bond donors (Lipinski definition) is 1. The Labute approximate surface area is 171 Å². The van der Waals surface area contributed by atoms with Gasteiger partial charge in [-0.05, 0) is 42.4 Å². The van der Waals surface area contributed by atoms with E-state index in [0.717, 1.165) is 19.3 Å². The summed E-state index contributed by atoms with van der Waals surface area (Å²) < 4.78 is 13.2. The third kappa shape index (κ3) is 4.96. The minimum Gasteiger partial charge on any atom is -0.352 e. The van der Waals surface area contributed by atoms with Crippen molar-refractivity contribution in [2.24, 2.45) is 11.8 Å². The molecule has 1 saturated carbocycles. The zero-order chi connectivity index (χ0) is 20.3. The van der Waals surface area contributed by atoms with Gasteiger partial charge in [-0.15, -0.1) is 0 Å². The topological polar surface area (TPSA) is 52.7 Å². The summed E-state index contributed by atoms with van der Waals surface area (Å²) >= 11 is 6.10. The maximum absolute atomic E-state index is 13.2. The fraction of sp³-hybridized carbons (Fsp3) is 0.619. The molecule has 3 atom stereocenters. The predicted octanol–water partition coefficient (Wildman–Crippen LogP) is 4.05. The average molecular weight is 410 g/mol. The highest BCUT2D eigenvalue weighted by atomic mass is 35.5. The molecule has 1 aliphatic carbocycles. The minimum absolute atomic E-state index is 0.0735. The van der Waals surface area contributed by atoms with Crippen LogP contribution in [0.1, 0.15) is 45.1 Å². The quantitative estimate of drug-likeness (QED) is 0.797. The molecule has 0 spiro atoms. The van der Waals surface area contributed by atoms with E-state index in [1.54, 1.807) is 15.9 Å². The van der Waals surface area contributed by atoms with Gasteiger partial charge in [-0.1, -0.05) is 44.4 Å². The van der Waals surface area contributed by atoms with E-state index >= 15 is 0 Å². The summed E-state index contributed by atoms with van der Waals surface area (Å²) in [5, 5.41) is 3.44. The van der Waals surface area contributed by atoms with E-state index in [1.165, 1.54) is 18.6 Å². The number of nitrogens with zero attached hydrogens (tertiary/aromatic N) is 2. The lowest BCUT2D eigenvalue weighted by Crippen LogP contribution is -2.53. The SMILES string of the molecule is C[C@@H]1[C@H](C)CCC[C@@H]1NC(=O)CN1CCCN(Cc2ccc(F)cc2Cl)C1=O.